The minimum Gasteiger partial charge on any atom is -0.494 e. The summed E-state index contributed by atoms with van der Waals surface area (Å²) in [5, 5.41) is 3.17. The summed E-state index contributed by atoms with van der Waals surface area (Å²) in [6.45, 7) is 4.74. The van der Waals surface area contributed by atoms with Gasteiger partial charge < -0.3 is 19.9 Å². The monoisotopic (exact) mass is 449 g/mol. The van der Waals surface area contributed by atoms with Crippen LogP contribution in [0, 0.1) is 0 Å². The summed E-state index contributed by atoms with van der Waals surface area (Å²) in [4.78, 5) is 29.0. The van der Waals surface area contributed by atoms with E-state index >= 15 is 0 Å². The molecule has 1 fully saturated rings. The van der Waals surface area contributed by atoms with Crippen molar-refractivity contribution in [1.82, 2.24) is 15.1 Å². The predicted molar refractivity (Wildman–Crippen MR) is 113 cm³/mol. The maximum Gasteiger partial charge on any atom is 0.416 e. The van der Waals surface area contributed by atoms with Crippen molar-refractivity contribution < 1.29 is 27.5 Å². The molecule has 0 aromatic heterocycles. The molecule has 9 heteroatoms. The number of piperazine rings is 1. The molecule has 1 aliphatic rings. The number of rotatable bonds is 7. The molecule has 0 radical (unpaired) electrons. The van der Waals surface area contributed by atoms with Crippen LogP contribution < -0.4 is 10.1 Å². The molecule has 0 atom stereocenters. The van der Waals surface area contributed by atoms with Crippen molar-refractivity contribution in [2.24, 2.45) is 0 Å². The van der Waals surface area contributed by atoms with Gasteiger partial charge in [0, 0.05) is 38.3 Å². The number of nitrogens with one attached hydrogen (secondary N) is 1. The van der Waals surface area contributed by atoms with Crippen molar-refractivity contribution in [1.29, 1.82) is 0 Å². The van der Waals surface area contributed by atoms with E-state index in [0.717, 1.165) is 29.8 Å². The number of hydrogen-bond donors (Lipinski definition) is 1. The van der Waals surface area contributed by atoms with Crippen LogP contribution in [0.3, 0.4) is 0 Å². The SMILES string of the molecule is CCOc1cccc(CN(CC(=O)N2CCNCC2)C(=O)c2ccc(C(F)(F)F)cc2)c1. The maximum atomic E-state index is 13.2. The lowest BCUT2D eigenvalue weighted by Crippen LogP contribution is -2.50. The molecule has 172 valence electrons. The Balaban J connectivity index is 1.82. The van der Waals surface area contributed by atoms with Gasteiger partial charge in [-0.1, -0.05) is 12.1 Å². The van der Waals surface area contributed by atoms with Crippen LogP contribution in [-0.2, 0) is 17.5 Å². The van der Waals surface area contributed by atoms with E-state index in [4.69, 9.17) is 4.74 Å². The van der Waals surface area contributed by atoms with Crippen molar-refractivity contribution in [2.75, 3.05) is 39.3 Å². The van der Waals surface area contributed by atoms with Gasteiger partial charge in [0.25, 0.3) is 5.91 Å². The third-order valence-electron chi connectivity index (χ3n) is 5.13. The zero-order valence-electron chi connectivity index (χ0n) is 17.8. The van der Waals surface area contributed by atoms with Gasteiger partial charge in [-0.05, 0) is 48.9 Å². The molecular weight excluding hydrogens is 423 g/mol. The Morgan fingerprint density at radius 2 is 1.78 bits per heavy atom. The molecule has 1 saturated heterocycles. The van der Waals surface area contributed by atoms with E-state index in [-0.39, 0.29) is 24.6 Å². The largest absolute Gasteiger partial charge is 0.494 e. The standard InChI is InChI=1S/C23H26F3N3O3/c1-2-32-20-5-3-4-17(14-20)15-29(16-21(30)28-12-10-27-11-13-28)22(31)18-6-8-19(9-7-18)23(24,25)26/h3-9,14,27H,2,10-13,15-16H2,1H3. The van der Waals surface area contributed by atoms with Crippen LogP contribution in [0.25, 0.3) is 0 Å². The molecule has 0 spiro atoms. The van der Waals surface area contributed by atoms with Crippen LogP contribution in [-0.4, -0.2) is 60.9 Å². The Hall–Kier alpha value is -3.07. The third kappa shape index (κ3) is 6.23. The molecule has 3 rings (SSSR count). The van der Waals surface area contributed by atoms with E-state index in [9.17, 15) is 22.8 Å². The van der Waals surface area contributed by atoms with E-state index in [1.807, 2.05) is 13.0 Å². The van der Waals surface area contributed by atoms with Crippen molar-refractivity contribution in [3.63, 3.8) is 0 Å². The molecule has 1 heterocycles. The second kappa shape index (κ2) is 10.5. The Morgan fingerprint density at radius 1 is 1.09 bits per heavy atom. The summed E-state index contributed by atoms with van der Waals surface area (Å²) < 4.78 is 44.2. The van der Waals surface area contributed by atoms with Crippen LogP contribution >= 0.6 is 0 Å². The first-order chi connectivity index (χ1) is 15.3. The smallest absolute Gasteiger partial charge is 0.416 e. The van der Waals surface area contributed by atoms with Gasteiger partial charge >= 0.3 is 6.18 Å². The Bertz CT molecular complexity index is 926. The molecule has 1 aliphatic heterocycles. The molecule has 0 aliphatic carbocycles. The average Bonchev–Trinajstić information content (AvgIpc) is 2.79. The lowest BCUT2D eigenvalue weighted by molar-refractivity contribution is -0.137. The number of benzene rings is 2. The average molecular weight is 449 g/mol. The Kier molecular flexibility index (Phi) is 7.74. The highest BCUT2D eigenvalue weighted by Gasteiger charge is 2.31. The number of alkyl halides is 3. The van der Waals surface area contributed by atoms with Crippen molar-refractivity contribution >= 4 is 11.8 Å². The zero-order chi connectivity index (χ0) is 23.1. The molecule has 2 aromatic rings. The molecule has 32 heavy (non-hydrogen) atoms. The molecular formula is C23H26F3N3O3. The summed E-state index contributed by atoms with van der Waals surface area (Å²) >= 11 is 0. The fourth-order valence-corrected chi connectivity index (χ4v) is 3.48. The van der Waals surface area contributed by atoms with Crippen molar-refractivity contribution in [2.45, 2.75) is 19.6 Å². The summed E-state index contributed by atoms with van der Waals surface area (Å²) in [6.07, 6.45) is -4.49. The highest BCUT2D eigenvalue weighted by molar-refractivity contribution is 5.96. The zero-order valence-corrected chi connectivity index (χ0v) is 17.8. The molecule has 2 aromatic carbocycles. The Morgan fingerprint density at radius 3 is 2.41 bits per heavy atom. The molecule has 6 nitrogen and oxygen atoms in total. The predicted octanol–water partition coefficient (Wildman–Crippen LogP) is 3.18. The van der Waals surface area contributed by atoms with Crippen LogP contribution in [0.1, 0.15) is 28.4 Å². The number of carbonyl (C=O) groups excluding carboxylic acids is 2. The summed E-state index contributed by atoms with van der Waals surface area (Å²) in [5.41, 5.74) is 0.0123. The second-order valence-electron chi connectivity index (χ2n) is 7.45. The van der Waals surface area contributed by atoms with Crippen LogP contribution in [0.4, 0.5) is 13.2 Å². The quantitative estimate of drug-likeness (QED) is 0.706. The van der Waals surface area contributed by atoms with Gasteiger partial charge in [0.15, 0.2) is 0 Å². The highest BCUT2D eigenvalue weighted by atomic mass is 19.4. The van der Waals surface area contributed by atoms with Gasteiger partial charge in [-0.15, -0.1) is 0 Å². The topological polar surface area (TPSA) is 61.9 Å². The van der Waals surface area contributed by atoms with Gasteiger partial charge in [0.2, 0.25) is 5.91 Å². The number of hydrogen-bond acceptors (Lipinski definition) is 4. The molecule has 0 bridgehead atoms. The first kappa shape index (κ1) is 23.6. The van der Waals surface area contributed by atoms with Gasteiger partial charge in [-0.2, -0.15) is 13.2 Å². The maximum absolute atomic E-state index is 13.2. The van der Waals surface area contributed by atoms with Gasteiger partial charge in [-0.25, -0.2) is 0 Å². The fourth-order valence-electron chi connectivity index (χ4n) is 3.48. The lowest BCUT2D eigenvalue weighted by Gasteiger charge is -2.30. The third-order valence-corrected chi connectivity index (χ3v) is 5.13. The molecule has 2 amide bonds. The van der Waals surface area contributed by atoms with Crippen molar-refractivity contribution in [3.8, 4) is 5.75 Å². The van der Waals surface area contributed by atoms with E-state index in [2.05, 4.69) is 5.32 Å². The molecule has 1 N–H and O–H groups in total. The van der Waals surface area contributed by atoms with Gasteiger partial charge in [0.1, 0.15) is 12.3 Å². The first-order valence-electron chi connectivity index (χ1n) is 10.4. The first-order valence-corrected chi connectivity index (χ1v) is 10.4. The van der Waals surface area contributed by atoms with Crippen LogP contribution in [0.15, 0.2) is 48.5 Å². The van der Waals surface area contributed by atoms with Gasteiger partial charge in [0.05, 0.1) is 12.2 Å². The van der Waals surface area contributed by atoms with E-state index < -0.39 is 17.6 Å². The van der Waals surface area contributed by atoms with Crippen LogP contribution in [0.5, 0.6) is 5.75 Å². The normalized spacial score (nSPS) is 14.2. The minimum atomic E-state index is -4.49. The molecule has 0 saturated carbocycles. The molecule has 0 unspecified atom stereocenters. The summed E-state index contributed by atoms with van der Waals surface area (Å²) in [7, 11) is 0. The second-order valence-corrected chi connectivity index (χ2v) is 7.45. The number of amides is 2. The lowest BCUT2D eigenvalue weighted by atomic mass is 10.1. The van der Waals surface area contributed by atoms with Crippen molar-refractivity contribution in [3.05, 3.63) is 65.2 Å². The minimum absolute atomic E-state index is 0.0899. The fraction of sp³-hybridized carbons (Fsp3) is 0.391. The number of carbonyl (C=O) groups is 2. The summed E-state index contributed by atoms with van der Waals surface area (Å²) in [5.74, 6) is -0.0721. The number of nitrogens with zero attached hydrogens (tertiary/aromatic N) is 2. The Labute approximate surface area is 184 Å². The highest BCUT2D eigenvalue weighted by Crippen LogP contribution is 2.29. The van der Waals surface area contributed by atoms with E-state index in [1.54, 1.807) is 23.1 Å². The van der Waals surface area contributed by atoms with E-state index in [0.29, 0.717) is 38.5 Å². The number of halogens is 3. The summed E-state index contributed by atoms with van der Waals surface area (Å²) in [6, 6.07) is 11.2. The van der Waals surface area contributed by atoms with Gasteiger partial charge in [-0.3, -0.25) is 9.59 Å². The number of ether oxygens (including phenoxy) is 1. The van der Waals surface area contributed by atoms with Crippen LogP contribution in [0.2, 0.25) is 0 Å². The van der Waals surface area contributed by atoms with E-state index in [1.165, 1.54) is 4.90 Å².